The Labute approximate surface area is 137 Å². The van der Waals surface area contributed by atoms with Crippen LogP contribution in [-0.4, -0.2) is 24.0 Å². The molecule has 3 nitrogen and oxygen atoms in total. The van der Waals surface area contributed by atoms with E-state index >= 15 is 0 Å². The fraction of sp³-hybridized carbons (Fsp3) is 0.350. The maximum absolute atomic E-state index is 12.3. The lowest BCUT2D eigenvalue weighted by molar-refractivity contribution is -0.129. The molecule has 1 amide bonds. The highest BCUT2D eigenvalue weighted by Gasteiger charge is 2.33. The SMILES string of the molecule is C[C@@H](c1ccccc1)N1C[C@H](COCc2ccccc2)CC1=O. The molecule has 0 spiro atoms. The van der Waals surface area contributed by atoms with E-state index in [1.54, 1.807) is 0 Å². The molecule has 1 saturated heterocycles. The van der Waals surface area contributed by atoms with E-state index in [0.717, 1.165) is 6.54 Å². The summed E-state index contributed by atoms with van der Waals surface area (Å²) >= 11 is 0. The highest BCUT2D eigenvalue weighted by atomic mass is 16.5. The van der Waals surface area contributed by atoms with E-state index in [1.165, 1.54) is 11.1 Å². The fourth-order valence-electron chi connectivity index (χ4n) is 3.12. The molecule has 3 rings (SSSR count). The number of likely N-dealkylation sites (tertiary alicyclic amines) is 1. The molecule has 0 saturated carbocycles. The normalized spacial score (nSPS) is 19.1. The lowest BCUT2D eigenvalue weighted by atomic mass is 10.1. The maximum Gasteiger partial charge on any atom is 0.223 e. The van der Waals surface area contributed by atoms with Gasteiger partial charge in [0.15, 0.2) is 0 Å². The zero-order chi connectivity index (χ0) is 16.1. The number of ether oxygens (including phenoxy) is 1. The molecule has 2 aromatic carbocycles. The minimum Gasteiger partial charge on any atom is -0.376 e. The molecule has 0 bridgehead atoms. The monoisotopic (exact) mass is 309 g/mol. The number of nitrogens with zero attached hydrogens (tertiary/aromatic N) is 1. The number of amides is 1. The first-order valence-corrected chi connectivity index (χ1v) is 8.20. The molecule has 120 valence electrons. The summed E-state index contributed by atoms with van der Waals surface area (Å²) in [6, 6.07) is 20.5. The summed E-state index contributed by atoms with van der Waals surface area (Å²) < 4.78 is 5.81. The van der Waals surface area contributed by atoms with Crippen LogP contribution in [0.1, 0.15) is 30.5 Å². The van der Waals surface area contributed by atoms with Gasteiger partial charge in [0.1, 0.15) is 0 Å². The number of carbonyl (C=O) groups is 1. The van der Waals surface area contributed by atoms with E-state index < -0.39 is 0 Å². The third kappa shape index (κ3) is 3.99. The summed E-state index contributed by atoms with van der Waals surface area (Å²) in [5, 5.41) is 0. The predicted molar refractivity (Wildman–Crippen MR) is 90.8 cm³/mol. The molecule has 0 aliphatic carbocycles. The Bertz CT molecular complexity index is 627. The van der Waals surface area contributed by atoms with Gasteiger partial charge < -0.3 is 9.64 Å². The molecule has 23 heavy (non-hydrogen) atoms. The molecule has 2 aromatic rings. The first kappa shape index (κ1) is 15.8. The predicted octanol–water partition coefficient (Wildman–Crippen LogP) is 3.81. The highest BCUT2D eigenvalue weighted by Crippen LogP contribution is 2.28. The molecule has 0 unspecified atom stereocenters. The van der Waals surface area contributed by atoms with Crippen molar-refractivity contribution < 1.29 is 9.53 Å². The number of benzene rings is 2. The number of hydrogen-bond donors (Lipinski definition) is 0. The summed E-state index contributed by atoms with van der Waals surface area (Å²) in [5.74, 6) is 0.520. The number of hydrogen-bond acceptors (Lipinski definition) is 2. The highest BCUT2D eigenvalue weighted by molar-refractivity contribution is 5.79. The molecule has 0 radical (unpaired) electrons. The van der Waals surface area contributed by atoms with Crippen molar-refractivity contribution in [3.05, 3.63) is 71.8 Å². The molecule has 1 aliphatic heterocycles. The van der Waals surface area contributed by atoms with Crippen molar-refractivity contribution in [2.24, 2.45) is 5.92 Å². The first-order chi connectivity index (χ1) is 11.2. The first-order valence-electron chi connectivity index (χ1n) is 8.20. The molecule has 3 heteroatoms. The third-order valence-electron chi connectivity index (χ3n) is 4.45. The van der Waals surface area contributed by atoms with E-state index in [-0.39, 0.29) is 17.9 Å². The topological polar surface area (TPSA) is 29.5 Å². The van der Waals surface area contributed by atoms with Gasteiger partial charge in [-0.05, 0) is 18.1 Å². The fourth-order valence-corrected chi connectivity index (χ4v) is 3.12. The van der Waals surface area contributed by atoms with Crippen molar-refractivity contribution in [2.75, 3.05) is 13.2 Å². The van der Waals surface area contributed by atoms with Gasteiger partial charge in [-0.25, -0.2) is 0 Å². The smallest absolute Gasteiger partial charge is 0.223 e. The zero-order valence-corrected chi connectivity index (χ0v) is 13.5. The van der Waals surface area contributed by atoms with Crippen molar-refractivity contribution in [3.63, 3.8) is 0 Å². The molecule has 1 fully saturated rings. The van der Waals surface area contributed by atoms with Crippen LogP contribution < -0.4 is 0 Å². The van der Waals surface area contributed by atoms with Gasteiger partial charge in [-0.3, -0.25) is 4.79 Å². The second-order valence-electron chi connectivity index (χ2n) is 6.20. The van der Waals surface area contributed by atoms with Crippen LogP contribution in [-0.2, 0) is 16.1 Å². The van der Waals surface area contributed by atoms with Crippen LogP contribution in [0.5, 0.6) is 0 Å². The van der Waals surface area contributed by atoms with E-state index in [9.17, 15) is 4.79 Å². The molecular weight excluding hydrogens is 286 g/mol. The van der Waals surface area contributed by atoms with Crippen LogP contribution >= 0.6 is 0 Å². The number of rotatable bonds is 6. The molecule has 1 aliphatic rings. The Morgan fingerprint density at radius 3 is 2.43 bits per heavy atom. The molecule has 2 atom stereocenters. The summed E-state index contributed by atoms with van der Waals surface area (Å²) in [6.07, 6.45) is 0.589. The van der Waals surface area contributed by atoms with E-state index in [1.807, 2.05) is 41.3 Å². The average Bonchev–Trinajstić information content (AvgIpc) is 2.97. The Kier molecular flexibility index (Phi) is 5.09. The van der Waals surface area contributed by atoms with Crippen LogP contribution in [0.15, 0.2) is 60.7 Å². The second kappa shape index (κ2) is 7.42. The molecule has 0 N–H and O–H groups in total. The summed E-state index contributed by atoms with van der Waals surface area (Å²) in [4.78, 5) is 14.3. The van der Waals surface area contributed by atoms with E-state index in [4.69, 9.17) is 4.74 Å². The quantitative estimate of drug-likeness (QED) is 0.812. The maximum atomic E-state index is 12.3. The summed E-state index contributed by atoms with van der Waals surface area (Å²) in [6.45, 7) is 4.13. The van der Waals surface area contributed by atoms with Crippen molar-refractivity contribution in [2.45, 2.75) is 26.0 Å². The van der Waals surface area contributed by atoms with Crippen LogP contribution in [0.2, 0.25) is 0 Å². The van der Waals surface area contributed by atoms with Crippen molar-refractivity contribution in [1.29, 1.82) is 0 Å². The Morgan fingerprint density at radius 1 is 1.09 bits per heavy atom. The third-order valence-corrected chi connectivity index (χ3v) is 4.45. The van der Waals surface area contributed by atoms with Crippen LogP contribution in [0.4, 0.5) is 0 Å². The summed E-state index contributed by atoms with van der Waals surface area (Å²) in [5.41, 5.74) is 2.36. The van der Waals surface area contributed by atoms with Crippen molar-refractivity contribution in [1.82, 2.24) is 4.90 Å². The van der Waals surface area contributed by atoms with Crippen LogP contribution in [0.3, 0.4) is 0 Å². The molecular formula is C20H23NO2. The van der Waals surface area contributed by atoms with Crippen molar-refractivity contribution >= 4 is 5.91 Å². The van der Waals surface area contributed by atoms with Crippen LogP contribution in [0.25, 0.3) is 0 Å². The zero-order valence-electron chi connectivity index (χ0n) is 13.5. The van der Waals surface area contributed by atoms with Crippen molar-refractivity contribution in [3.8, 4) is 0 Å². The van der Waals surface area contributed by atoms with Gasteiger partial charge in [0.05, 0.1) is 19.3 Å². The van der Waals surface area contributed by atoms with Gasteiger partial charge in [0.2, 0.25) is 5.91 Å². The molecule has 0 aromatic heterocycles. The van der Waals surface area contributed by atoms with Gasteiger partial charge in [-0.15, -0.1) is 0 Å². The van der Waals surface area contributed by atoms with E-state index in [0.29, 0.717) is 19.6 Å². The van der Waals surface area contributed by atoms with Gasteiger partial charge >= 0.3 is 0 Å². The largest absolute Gasteiger partial charge is 0.376 e. The lowest BCUT2D eigenvalue weighted by Gasteiger charge is -2.25. The van der Waals surface area contributed by atoms with Gasteiger partial charge in [0, 0.05) is 18.9 Å². The number of carbonyl (C=O) groups excluding carboxylic acids is 1. The second-order valence-corrected chi connectivity index (χ2v) is 6.20. The van der Waals surface area contributed by atoms with Gasteiger partial charge in [-0.2, -0.15) is 0 Å². The standard InChI is InChI=1S/C20H23NO2/c1-16(19-10-6-3-7-11-19)21-13-18(12-20(21)22)15-23-14-17-8-4-2-5-9-17/h2-11,16,18H,12-15H2,1H3/t16-,18+/m0/s1. The Hall–Kier alpha value is -2.13. The molecule has 1 heterocycles. The Balaban J connectivity index is 1.51. The minimum atomic E-state index is 0.128. The van der Waals surface area contributed by atoms with Gasteiger partial charge in [-0.1, -0.05) is 60.7 Å². The average molecular weight is 309 g/mol. The van der Waals surface area contributed by atoms with Crippen LogP contribution in [0, 0.1) is 5.92 Å². The lowest BCUT2D eigenvalue weighted by Crippen LogP contribution is -2.28. The minimum absolute atomic E-state index is 0.128. The van der Waals surface area contributed by atoms with Gasteiger partial charge in [0.25, 0.3) is 0 Å². The Morgan fingerprint density at radius 2 is 1.74 bits per heavy atom. The summed E-state index contributed by atoms with van der Waals surface area (Å²) in [7, 11) is 0. The van der Waals surface area contributed by atoms with E-state index in [2.05, 4.69) is 31.2 Å².